The lowest BCUT2D eigenvalue weighted by molar-refractivity contribution is -0.384. The maximum atomic E-state index is 13.7. The van der Waals surface area contributed by atoms with E-state index < -0.39 is 33.3 Å². The van der Waals surface area contributed by atoms with Crippen molar-refractivity contribution in [2.75, 3.05) is 0 Å². The minimum Gasteiger partial charge on any atom is -0.353 e. The van der Waals surface area contributed by atoms with Gasteiger partial charge in [-0.25, -0.2) is 8.42 Å². The Morgan fingerprint density at radius 2 is 1.40 bits per heavy atom. The van der Waals surface area contributed by atoms with Crippen molar-refractivity contribution in [3.05, 3.63) is 106 Å². The van der Waals surface area contributed by atoms with E-state index in [1.165, 1.54) is 28.6 Å². The first-order valence-corrected chi connectivity index (χ1v) is 10.9. The molecule has 0 radical (unpaired) electrons. The van der Waals surface area contributed by atoms with Gasteiger partial charge in [0.25, 0.3) is 5.69 Å². The van der Waals surface area contributed by atoms with Gasteiger partial charge in [0.15, 0.2) is 6.23 Å². The Kier molecular flexibility index (Phi) is 5.38. The number of nitro groups is 1. The maximum Gasteiger partial charge on any atom is 0.269 e. The molecule has 7 nitrogen and oxygen atoms in total. The van der Waals surface area contributed by atoms with E-state index in [4.69, 9.17) is 4.74 Å². The van der Waals surface area contributed by atoms with Crippen molar-refractivity contribution in [2.45, 2.75) is 30.2 Å². The zero-order valence-electron chi connectivity index (χ0n) is 16.2. The van der Waals surface area contributed by atoms with Crippen LogP contribution in [0.5, 0.6) is 0 Å². The summed E-state index contributed by atoms with van der Waals surface area (Å²) in [6.45, 7) is 1.85. The number of nitrogens with zero attached hydrogens (tertiary/aromatic N) is 2. The Hall–Kier alpha value is -3.07. The van der Waals surface area contributed by atoms with Crippen molar-refractivity contribution in [3.63, 3.8) is 0 Å². The summed E-state index contributed by atoms with van der Waals surface area (Å²) >= 11 is 0. The van der Waals surface area contributed by atoms with Crippen molar-refractivity contribution in [1.29, 1.82) is 0 Å². The fraction of sp³-hybridized carbons (Fsp3) is 0.182. The minimum absolute atomic E-state index is 0.0207. The summed E-state index contributed by atoms with van der Waals surface area (Å²) in [4.78, 5) is 10.4. The number of non-ortho nitro benzene ring substituents is 1. The monoisotopic (exact) mass is 424 g/mol. The molecule has 0 amide bonds. The van der Waals surface area contributed by atoms with E-state index in [0.29, 0.717) is 5.56 Å². The van der Waals surface area contributed by atoms with Crippen LogP contribution in [0.15, 0.2) is 89.8 Å². The number of nitro benzene ring substituents is 1. The minimum atomic E-state index is -4.02. The van der Waals surface area contributed by atoms with Gasteiger partial charge in [-0.3, -0.25) is 10.1 Å². The molecular formula is C22H20N2O5S. The second kappa shape index (κ2) is 7.98. The third-order valence-corrected chi connectivity index (χ3v) is 6.98. The van der Waals surface area contributed by atoms with Crippen LogP contribution in [0.4, 0.5) is 5.69 Å². The van der Waals surface area contributed by atoms with E-state index >= 15 is 0 Å². The zero-order chi connectivity index (χ0) is 21.3. The fourth-order valence-electron chi connectivity index (χ4n) is 3.74. The van der Waals surface area contributed by atoms with E-state index in [9.17, 15) is 18.5 Å². The molecule has 1 aliphatic heterocycles. The second-order valence-electron chi connectivity index (χ2n) is 7.05. The number of hydrogen-bond donors (Lipinski definition) is 0. The Labute approximate surface area is 174 Å². The number of rotatable bonds is 5. The van der Waals surface area contributed by atoms with Crippen LogP contribution in [0.3, 0.4) is 0 Å². The van der Waals surface area contributed by atoms with Crippen LogP contribution in [-0.4, -0.2) is 23.8 Å². The van der Waals surface area contributed by atoms with Gasteiger partial charge >= 0.3 is 0 Å². The maximum absolute atomic E-state index is 13.7. The average molecular weight is 424 g/mol. The van der Waals surface area contributed by atoms with Gasteiger partial charge in [-0.2, -0.15) is 4.31 Å². The number of ether oxygens (including phenoxy) is 1. The van der Waals surface area contributed by atoms with Gasteiger partial charge in [-0.1, -0.05) is 60.7 Å². The molecule has 1 heterocycles. The van der Waals surface area contributed by atoms with Crippen molar-refractivity contribution in [2.24, 2.45) is 0 Å². The van der Waals surface area contributed by atoms with Crippen molar-refractivity contribution < 1.29 is 18.1 Å². The zero-order valence-corrected chi connectivity index (χ0v) is 17.0. The summed E-state index contributed by atoms with van der Waals surface area (Å²) < 4.78 is 34.9. The largest absolute Gasteiger partial charge is 0.353 e. The lowest BCUT2D eigenvalue weighted by Crippen LogP contribution is -2.34. The predicted molar refractivity (Wildman–Crippen MR) is 111 cm³/mol. The molecular weight excluding hydrogens is 404 g/mol. The summed E-state index contributed by atoms with van der Waals surface area (Å²) in [5.74, 6) is 0. The van der Waals surface area contributed by atoms with Crippen molar-refractivity contribution in [1.82, 2.24) is 4.31 Å². The third kappa shape index (κ3) is 3.60. The lowest BCUT2D eigenvalue weighted by Gasteiger charge is -2.28. The summed E-state index contributed by atoms with van der Waals surface area (Å²) in [5, 5.41) is 11.0. The molecule has 0 N–H and O–H groups in total. The van der Waals surface area contributed by atoms with E-state index in [0.717, 1.165) is 5.56 Å². The highest BCUT2D eigenvalue weighted by Gasteiger charge is 2.48. The Morgan fingerprint density at radius 3 is 1.93 bits per heavy atom. The quantitative estimate of drug-likeness (QED) is 0.446. The molecule has 0 bridgehead atoms. The first-order valence-electron chi connectivity index (χ1n) is 9.43. The Morgan fingerprint density at radius 1 is 0.867 bits per heavy atom. The van der Waals surface area contributed by atoms with E-state index in [1.807, 2.05) is 67.6 Å². The molecule has 154 valence electrons. The Bertz CT molecular complexity index is 1140. The highest BCUT2D eigenvalue weighted by Crippen LogP contribution is 2.46. The van der Waals surface area contributed by atoms with E-state index in [-0.39, 0.29) is 10.6 Å². The highest BCUT2D eigenvalue weighted by molar-refractivity contribution is 7.89. The van der Waals surface area contributed by atoms with E-state index in [1.54, 1.807) is 0 Å². The summed E-state index contributed by atoms with van der Waals surface area (Å²) in [6.07, 6.45) is -1.21. The van der Waals surface area contributed by atoms with Crippen LogP contribution >= 0.6 is 0 Å². The summed E-state index contributed by atoms with van der Waals surface area (Å²) in [5.41, 5.74) is 1.36. The van der Waals surface area contributed by atoms with Crippen LogP contribution in [0.2, 0.25) is 0 Å². The SMILES string of the molecule is C[C@H]1OC(c2ccccc2)N(S(=O)(=O)c2ccc([N+](=O)[O-])cc2)[C@@H]1c1ccccc1. The van der Waals surface area contributed by atoms with Crippen molar-refractivity contribution >= 4 is 15.7 Å². The van der Waals surface area contributed by atoms with Gasteiger partial charge in [-0.15, -0.1) is 0 Å². The van der Waals surface area contributed by atoms with Gasteiger partial charge < -0.3 is 4.74 Å². The van der Waals surface area contributed by atoms with Gasteiger partial charge in [0.05, 0.1) is 22.0 Å². The molecule has 8 heteroatoms. The van der Waals surface area contributed by atoms with Crippen LogP contribution < -0.4 is 0 Å². The molecule has 3 atom stereocenters. The van der Waals surface area contributed by atoms with Crippen LogP contribution in [0, 0.1) is 10.1 Å². The molecule has 0 saturated carbocycles. The molecule has 0 spiro atoms. The molecule has 30 heavy (non-hydrogen) atoms. The first kappa shape index (κ1) is 20.2. The van der Waals surface area contributed by atoms with E-state index in [2.05, 4.69) is 0 Å². The molecule has 0 aliphatic carbocycles. The second-order valence-corrected chi connectivity index (χ2v) is 8.89. The number of sulfonamides is 1. The summed E-state index contributed by atoms with van der Waals surface area (Å²) in [7, 11) is -4.02. The molecule has 3 aromatic rings. The molecule has 3 aromatic carbocycles. The average Bonchev–Trinajstić information content (AvgIpc) is 3.13. The molecule has 1 unspecified atom stereocenters. The van der Waals surface area contributed by atoms with Crippen LogP contribution in [-0.2, 0) is 14.8 Å². The van der Waals surface area contributed by atoms with Gasteiger partial charge in [0.1, 0.15) is 0 Å². The predicted octanol–water partition coefficient (Wildman–Crippen LogP) is 4.44. The molecule has 1 fully saturated rings. The number of benzene rings is 3. The smallest absolute Gasteiger partial charge is 0.269 e. The normalized spacial score (nSPS) is 22.1. The number of hydrogen-bond acceptors (Lipinski definition) is 5. The molecule has 1 aliphatic rings. The van der Waals surface area contributed by atoms with Gasteiger partial charge in [-0.05, 0) is 30.2 Å². The topological polar surface area (TPSA) is 89.8 Å². The summed E-state index contributed by atoms with van der Waals surface area (Å²) in [6, 6.07) is 22.9. The standard InChI is InChI=1S/C22H20N2O5S/c1-16-21(17-8-4-2-5-9-17)23(22(29-16)18-10-6-3-7-11-18)30(27,28)20-14-12-19(13-15-20)24(25)26/h2-16,21-22H,1H3/t16-,21+,22?/m1/s1. The van der Waals surface area contributed by atoms with Crippen LogP contribution in [0.1, 0.15) is 30.3 Å². The molecule has 0 aromatic heterocycles. The van der Waals surface area contributed by atoms with Gasteiger partial charge in [0.2, 0.25) is 10.0 Å². The molecule has 4 rings (SSSR count). The Balaban J connectivity index is 1.84. The van der Waals surface area contributed by atoms with Crippen molar-refractivity contribution in [3.8, 4) is 0 Å². The molecule has 1 saturated heterocycles. The highest BCUT2D eigenvalue weighted by atomic mass is 32.2. The van der Waals surface area contributed by atoms with Gasteiger partial charge in [0, 0.05) is 12.1 Å². The van der Waals surface area contributed by atoms with Crippen LogP contribution in [0.25, 0.3) is 0 Å². The fourth-order valence-corrected chi connectivity index (χ4v) is 5.48. The lowest BCUT2D eigenvalue weighted by atomic mass is 10.0. The third-order valence-electron chi connectivity index (χ3n) is 5.14. The first-order chi connectivity index (χ1) is 14.4.